The second-order valence-corrected chi connectivity index (χ2v) is 7.27. The summed E-state index contributed by atoms with van der Waals surface area (Å²) >= 11 is 0. The molecule has 0 amide bonds. The lowest BCUT2D eigenvalue weighted by atomic mass is 9.97. The summed E-state index contributed by atoms with van der Waals surface area (Å²) in [6.45, 7) is 1.98. The van der Waals surface area contributed by atoms with Gasteiger partial charge >= 0.3 is 0 Å². The summed E-state index contributed by atoms with van der Waals surface area (Å²) in [6.07, 6.45) is 2.08. The maximum absolute atomic E-state index is 14.8. The van der Waals surface area contributed by atoms with E-state index >= 15 is 0 Å². The van der Waals surface area contributed by atoms with Gasteiger partial charge in [-0.2, -0.15) is 0 Å². The number of hydrogen-bond acceptors (Lipinski definition) is 4. The summed E-state index contributed by atoms with van der Waals surface area (Å²) in [4.78, 5) is 17.1. The number of aryl methyl sites for hydroxylation is 2. The quantitative estimate of drug-likeness (QED) is 0.360. The summed E-state index contributed by atoms with van der Waals surface area (Å²) < 4.78 is 52.0. The van der Waals surface area contributed by atoms with Crippen molar-refractivity contribution in [1.82, 2.24) is 9.71 Å². The van der Waals surface area contributed by atoms with Gasteiger partial charge in [0.1, 0.15) is 11.6 Å². The molecule has 146 valence electrons. The standard InChI is InChI=1S/C20H18F2N2O3S/c1-12-7-15-8-14(4-5-18(15)23-11-12)20(25)17-10-16(21)9-13(19(17)22)3-2-6-24-28(26)27/h4-5,7-11,28H,2-3,6H2,1H3,(H,24,26,27). The second kappa shape index (κ2) is 8.53. The first-order valence-electron chi connectivity index (χ1n) is 8.62. The molecule has 0 aliphatic heterocycles. The Morgan fingerprint density at radius 3 is 2.68 bits per heavy atom. The van der Waals surface area contributed by atoms with E-state index in [1.54, 1.807) is 18.3 Å². The minimum Gasteiger partial charge on any atom is -0.288 e. The molecule has 0 fully saturated rings. The Morgan fingerprint density at radius 2 is 1.93 bits per heavy atom. The first-order valence-corrected chi connectivity index (χ1v) is 9.80. The molecule has 0 saturated heterocycles. The number of fused-ring (bicyclic) bond motifs is 1. The number of thiol groups is 1. The highest BCUT2D eigenvalue weighted by molar-refractivity contribution is 7.70. The number of aromatic nitrogens is 1. The zero-order valence-corrected chi connectivity index (χ0v) is 15.9. The Kier molecular flexibility index (Phi) is 6.11. The second-order valence-electron chi connectivity index (χ2n) is 6.44. The van der Waals surface area contributed by atoms with Crippen LogP contribution in [0.4, 0.5) is 8.78 Å². The maximum atomic E-state index is 14.8. The van der Waals surface area contributed by atoms with Crippen molar-refractivity contribution in [2.45, 2.75) is 19.8 Å². The molecule has 0 spiro atoms. The summed E-state index contributed by atoms with van der Waals surface area (Å²) in [6, 6.07) is 8.57. The van der Waals surface area contributed by atoms with Gasteiger partial charge in [0.25, 0.3) is 0 Å². The number of hydrogen-bond donors (Lipinski definition) is 2. The van der Waals surface area contributed by atoms with Crippen molar-refractivity contribution in [2.24, 2.45) is 0 Å². The normalized spacial score (nSPS) is 11.3. The third kappa shape index (κ3) is 4.58. The predicted molar refractivity (Wildman–Crippen MR) is 103 cm³/mol. The van der Waals surface area contributed by atoms with E-state index in [2.05, 4.69) is 9.71 Å². The number of benzene rings is 2. The Labute approximate surface area is 162 Å². The van der Waals surface area contributed by atoms with Crippen molar-refractivity contribution in [1.29, 1.82) is 0 Å². The van der Waals surface area contributed by atoms with Crippen LogP contribution in [0.2, 0.25) is 0 Å². The molecule has 0 saturated carbocycles. The molecule has 0 radical (unpaired) electrons. The molecular weight excluding hydrogens is 386 g/mol. The monoisotopic (exact) mass is 404 g/mol. The number of halogens is 2. The van der Waals surface area contributed by atoms with Gasteiger partial charge < -0.3 is 0 Å². The molecule has 3 aromatic rings. The van der Waals surface area contributed by atoms with E-state index in [0.29, 0.717) is 5.52 Å². The third-order valence-electron chi connectivity index (χ3n) is 4.30. The van der Waals surface area contributed by atoms with Gasteiger partial charge in [0.15, 0.2) is 5.78 Å². The molecule has 1 N–H and O–H groups in total. The van der Waals surface area contributed by atoms with Gasteiger partial charge in [-0.25, -0.2) is 21.9 Å². The van der Waals surface area contributed by atoms with E-state index < -0.39 is 28.3 Å². The number of carbonyl (C=O) groups is 1. The highest BCUT2D eigenvalue weighted by Gasteiger charge is 2.19. The van der Waals surface area contributed by atoms with Crippen LogP contribution in [0.15, 0.2) is 42.6 Å². The summed E-state index contributed by atoms with van der Waals surface area (Å²) in [5.74, 6) is -2.14. The molecule has 0 aliphatic carbocycles. The molecule has 0 aliphatic rings. The molecule has 1 aromatic heterocycles. The van der Waals surface area contributed by atoms with Gasteiger partial charge in [-0.15, -0.1) is 0 Å². The molecule has 5 nitrogen and oxygen atoms in total. The van der Waals surface area contributed by atoms with Gasteiger partial charge in [0.2, 0.25) is 10.9 Å². The van der Waals surface area contributed by atoms with E-state index in [9.17, 15) is 22.0 Å². The highest BCUT2D eigenvalue weighted by atomic mass is 32.2. The van der Waals surface area contributed by atoms with Crippen molar-refractivity contribution >= 4 is 27.6 Å². The minimum absolute atomic E-state index is 0.0320. The molecule has 0 unspecified atom stereocenters. The number of ketones is 1. The Bertz CT molecular complexity index is 1120. The molecule has 3 rings (SSSR count). The Morgan fingerprint density at radius 1 is 1.14 bits per heavy atom. The van der Waals surface area contributed by atoms with E-state index in [0.717, 1.165) is 23.1 Å². The fourth-order valence-corrected chi connectivity index (χ4v) is 3.32. The van der Waals surface area contributed by atoms with Gasteiger partial charge in [-0.3, -0.25) is 9.78 Å². The minimum atomic E-state index is -2.74. The van der Waals surface area contributed by atoms with Crippen molar-refractivity contribution in [3.8, 4) is 0 Å². The summed E-state index contributed by atoms with van der Waals surface area (Å²) in [7, 11) is -2.74. The van der Waals surface area contributed by atoms with Crippen molar-refractivity contribution in [2.75, 3.05) is 6.54 Å². The lowest BCUT2D eigenvalue weighted by Gasteiger charge is -2.09. The van der Waals surface area contributed by atoms with Crippen LogP contribution in [0, 0.1) is 18.6 Å². The largest absolute Gasteiger partial charge is 0.288 e. The SMILES string of the molecule is Cc1cnc2ccc(C(=O)c3cc(F)cc(CCCN[SH](=O)=O)c3F)cc2c1. The van der Waals surface area contributed by atoms with E-state index in [1.165, 1.54) is 6.07 Å². The molecule has 2 aromatic carbocycles. The molecule has 0 atom stereocenters. The molecule has 0 bridgehead atoms. The van der Waals surface area contributed by atoms with Crippen molar-refractivity contribution in [3.63, 3.8) is 0 Å². The molecule has 1 heterocycles. The smallest absolute Gasteiger partial charge is 0.201 e. The number of rotatable bonds is 7. The number of pyridine rings is 1. The predicted octanol–water partition coefficient (Wildman–Crippen LogP) is 3.10. The number of nitrogens with zero attached hydrogens (tertiary/aromatic N) is 1. The van der Waals surface area contributed by atoms with Crippen molar-refractivity contribution < 1.29 is 22.0 Å². The molecule has 28 heavy (non-hydrogen) atoms. The molecular formula is C20H18F2N2O3S. The van der Waals surface area contributed by atoms with Crippen LogP contribution in [-0.2, 0) is 17.3 Å². The first-order chi connectivity index (χ1) is 13.3. The van der Waals surface area contributed by atoms with Gasteiger partial charge in [0.05, 0.1) is 11.1 Å². The average Bonchev–Trinajstić information content (AvgIpc) is 2.66. The van der Waals surface area contributed by atoms with Crippen LogP contribution >= 0.6 is 0 Å². The zero-order valence-electron chi connectivity index (χ0n) is 15.0. The first kappa shape index (κ1) is 20.0. The van der Waals surface area contributed by atoms with Crippen LogP contribution in [0.3, 0.4) is 0 Å². The lowest BCUT2D eigenvalue weighted by molar-refractivity contribution is 0.103. The fraction of sp³-hybridized carbons (Fsp3) is 0.200. The molecule has 8 heteroatoms. The van der Waals surface area contributed by atoms with Crippen LogP contribution in [-0.4, -0.2) is 25.7 Å². The van der Waals surface area contributed by atoms with E-state index in [-0.39, 0.29) is 36.1 Å². The highest BCUT2D eigenvalue weighted by Crippen LogP contribution is 2.22. The van der Waals surface area contributed by atoms with Crippen molar-refractivity contribution in [3.05, 3.63) is 76.5 Å². The van der Waals surface area contributed by atoms with Crippen LogP contribution in [0.1, 0.15) is 33.5 Å². The van der Waals surface area contributed by atoms with E-state index in [1.807, 2.05) is 13.0 Å². The van der Waals surface area contributed by atoms with Crippen LogP contribution in [0.5, 0.6) is 0 Å². The maximum Gasteiger partial charge on any atom is 0.201 e. The van der Waals surface area contributed by atoms with E-state index in [4.69, 9.17) is 0 Å². The Hall–Kier alpha value is -2.71. The summed E-state index contributed by atoms with van der Waals surface area (Å²) in [5.41, 5.74) is 1.54. The van der Waals surface area contributed by atoms with Gasteiger partial charge in [0, 0.05) is 23.7 Å². The van der Waals surface area contributed by atoms with Crippen LogP contribution in [0.25, 0.3) is 10.9 Å². The topological polar surface area (TPSA) is 76.1 Å². The lowest BCUT2D eigenvalue weighted by Crippen LogP contribution is -2.14. The zero-order chi connectivity index (χ0) is 20.3. The van der Waals surface area contributed by atoms with Crippen LogP contribution < -0.4 is 4.72 Å². The van der Waals surface area contributed by atoms with Gasteiger partial charge in [-0.1, -0.05) is 0 Å². The number of nitrogens with one attached hydrogen (secondary N) is 1. The van der Waals surface area contributed by atoms with Gasteiger partial charge in [-0.05, 0) is 67.3 Å². The summed E-state index contributed by atoms with van der Waals surface area (Å²) in [5, 5.41) is 0.737. The number of carbonyl (C=O) groups excluding carboxylic acids is 1. The average molecular weight is 404 g/mol. The third-order valence-corrected chi connectivity index (χ3v) is 4.78. The Balaban J connectivity index is 1.90. The fourth-order valence-electron chi connectivity index (χ4n) is 2.98.